The number of H-pyrrole nitrogens is 1. The van der Waals surface area contributed by atoms with Gasteiger partial charge in [0.2, 0.25) is 11.9 Å². The van der Waals surface area contributed by atoms with Crippen molar-refractivity contribution in [2.24, 2.45) is 0 Å². The number of carbonyl (C=O) groups is 1. The number of amides is 1. The van der Waals surface area contributed by atoms with E-state index < -0.39 is 0 Å². The highest BCUT2D eigenvalue weighted by Crippen LogP contribution is 2.30. The van der Waals surface area contributed by atoms with Crippen molar-refractivity contribution in [1.29, 1.82) is 0 Å². The molecule has 0 aliphatic carbocycles. The third-order valence-electron chi connectivity index (χ3n) is 4.24. The normalized spacial score (nSPS) is 13.0. The Kier molecular flexibility index (Phi) is 5.18. The minimum absolute atomic E-state index is 0.165. The van der Waals surface area contributed by atoms with E-state index in [0.29, 0.717) is 37.0 Å². The summed E-state index contributed by atoms with van der Waals surface area (Å²) in [6, 6.07) is 11.6. The average molecular weight is 382 g/mol. The van der Waals surface area contributed by atoms with Crippen LogP contribution in [0.15, 0.2) is 42.5 Å². The number of aromatic amines is 1. The molecular formula is C20H19FN4O3. The molecule has 0 radical (unpaired) electrons. The van der Waals surface area contributed by atoms with Gasteiger partial charge in [0.25, 0.3) is 0 Å². The fraction of sp³-hybridized carbons (Fsp3) is 0.250. The Morgan fingerprint density at radius 1 is 1.07 bits per heavy atom. The zero-order valence-electron chi connectivity index (χ0n) is 15.1. The van der Waals surface area contributed by atoms with Gasteiger partial charge < -0.3 is 9.47 Å². The number of benzene rings is 2. The van der Waals surface area contributed by atoms with E-state index in [1.54, 1.807) is 12.1 Å². The van der Waals surface area contributed by atoms with Crippen LogP contribution < -0.4 is 14.8 Å². The molecule has 28 heavy (non-hydrogen) atoms. The van der Waals surface area contributed by atoms with Gasteiger partial charge in [-0.1, -0.05) is 18.2 Å². The standard InChI is InChI=1S/C20H19FN4O3/c21-15-5-2-13(3-6-15)11-18-22-20(25-24-18)23-19(26)12-14-4-7-16-17(10-14)28-9-1-8-27-16/h2-7,10H,1,8-9,11-12H2,(H2,22,23,24,25,26). The Labute approximate surface area is 160 Å². The van der Waals surface area contributed by atoms with Crippen LogP contribution in [0.5, 0.6) is 11.5 Å². The Morgan fingerprint density at radius 2 is 1.82 bits per heavy atom. The van der Waals surface area contributed by atoms with Crippen LogP contribution in [0.4, 0.5) is 10.3 Å². The molecule has 2 heterocycles. The lowest BCUT2D eigenvalue weighted by Gasteiger charge is -2.09. The first kappa shape index (κ1) is 18.0. The van der Waals surface area contributed by atoms with E-state index in [-0.39, 0.29) is 24.1 Å². The van der Waals surface area contributed by atoms with Crippen molar-refractivity contribution >= 4 is 11.9 Å². The number of nitrogens with zero attached hydrogens (tertiary/aromatic N) is 2. The van der Waals surface area contributed by atoms with E-state index in [4.69, 9.17) is 9.47 Å². The minimum atomic E-state index is -0.288. The molecule has 0 bridgehead atoms. The third-order valence-corrected chi connectivity index (χ3v) is 4.24. The molecule has 1 aliphatic rings. The van der Waals surface area contributed by atoms with Crippen LogP contribution >= 0.6 is 0 Å². The van der Waals surface area contributed by atoms with Gasteiger partial charge in [-0.05, 0) is 35.4 Å². The fourth-order valence-electron chi connectivity index (χ4n) is 2.90. The highest BCUT2D eigenvalue weighted by molar-refractivity contribution is 5.90. The highest BCUT2D eigenvalue weighted by atomic mass is 19.1. The molecular weight excluding hydrogens is 363 g/mol. The smallest absolute Gasteiger partial charge is 0.248 e. The van der Waals surface area contributed by atoms with Crippen LogP contribution in [0.2, 0.25) is 0 Å². The molecule has 0 fully saturated rings. The predicted molar refractivity (Wildman–Crippen MR) is 100.0 cm³/mol. The van der Waals surface area contributed by atoms with Crippen molar-refractivity contribution in [2.75, 3.05) is 18.5 Å². The van der Waals surface area contributed by atoms with Gasteiger partial charge in [0, 0.05) is 12.8 Å². The number of ether oxygens (including phenoxy) is 2. The lowest BCUT2D eigenvalue weighted by atomic mass is 10.1. The molecule has 0 atom stereocenters. The quantitative estimate of drug-likeness (QED) is 0.708. The number of carbonyl (C=O) groups excluding carboxylic acids is 1. The number of fused-ring (bicyclic) bond motifs is 1. The maximum Gasteiger partial charge on any atom is 0.248 e. The maximum absolute atomic E-state index is 13.0. The summed E-state index contributed by atoms with van der Waals surface area (Å²) < 4.78 is 24.2. The first-order valence-corrected chi connectivity index (χ1v) is 9.00. The third kappa shape index (κ3) is 4.46. The Hall–Kier alpha value is -3.42. The second-order valence-corrected chi connectivity index (χ2v) is 6.47. The Bertz CT molecular complexity index is 972. The summed E-state index contributed by atoms with van der Waals surface area (Å²) in [7, 11) is 0. The number of hydrogen-bond donors (Lipinski definition) is 2. The average Bonchev–Trinajstić information content (AvgIpc) is 2.97. The van der Waals surface area contributed by atoms with Gasteiger partial charge >= 0.3 is 0 Å². The van der Waals surface area contributed by atoms with Crippen molar-refractivity contribution in [3.8, 4) is 11.5 Å². The van der Waals surface area contributed by atoms with E-state index in [9.17, 15) is 9.18 Å². The van der Waals surface area contributed by atoms with Crippen LogP contribution in [-0.4, -0.2) is 34.3 Å². The number of anilines is 1. The zero-order valence-corrected chi connectivity index (χ0v) is 15.1. The number of aromatic nitrogens is 3. The molecule has 1 aliphatic heterocycles. The predicted octanol–water partition coefficient (Wildman–Crippen LogP) is 2.88. The topological polar surface area (TPSA) is 89.1 Å². The lowest BCUT2D eigenvalue weighted by molar-refractivity contribution is -0.115. The van der Waals surface area contributed by atoms with E-state index in [2.05, 4.69) is 20.5 Å². The van der Waals surface area contributed by atoms with Crippen molar-refractivity contribution in [2.45, 2.75) is 19.3 Å². The molecule has 0 spiro atoms. The first-order valence-electron chi connectivity index (χ1n) is 9.00. The van der Waals surface area contributed by atoms with Crippen molar-refractivity contribution in [3.05, 3.63) is 65.2 Å². The molecule has 0 saturated carbocycles. The van der Waals surface area contributed by atoms with E-state index >= 15 is 0 Å². The molecule has 1 amide bonds. The lowest BCUT2D eigenvalue weighted by Crippen LogP contribution is -2.15. The summed E-state index contributed by atoms with van der Waals surface area (Å²) in [4.78, 5) is 16.6. The summed E-state index contributed by atoms with van der Waals surface area (Å²) >= 11 is 0. The molecule has 144 valence electrons. The van der Waals surface area contributed by atoms with Crippen molar-refractivity contribution in [3.63, 3.8) is 0 Å². The van der Waals surface area contributed by atoms with Crippen LogP contribution in [0.25, 0.3) is 0 Å². The summed E-state index contributed by atoms with van der Waals surface area (Å²) in [6.45, 7) is 1.22. The molecule has 0 unspecified atom stereocenters. The first-order chi connectivity index (χ1) is 13.7. The van der Waals surface area contributed by atoms with E-state index in [0.717, 1.165) is 17.5 Å². The molecule has 4 rings (SSSR count). The second-order valence-electron chi connectivity index (χ2n) is 6.47. The Morgan fingerprint density at radius 3 is 2.64 bits per heavy atom. The molecule has 7 nitrogen and oxygen atoms in total. The zero-order chi connectivity index (χ0) is 19.3. The number of nitrogens with one attached hydrogen (secondary N) is 2. The van der Waals surface area contributed by atoms with E-state index in [1.807, 2.05) is 18.2 Å². The van der Waals surface area contributed by atoms with Gasteiger partial charge in [0.05, 0.1) is 19.6 Å². The number of hydrogen-bond acceptors (Lipinski definition) is 5. The molecule has 2 N–H and O–H groups in total. The highest BCUT2D eigenvalue weighted by Gasteiger charge is 2.13. The van der Waals surface area contributed by atoms with Gasteiger partial charge in [-0.3, -0.25) is 15.2 Å². The van der Waals surface area contributed by atoms with Gasteiger partial charge in [-0.25, -0.2) is 4.39 Å². The van der Waals surface area contributed by atoms with Gasteiger partial charge in [0.1, 0.15) is 11.6 Å². The monoisotopic (exact) mass is 382 g/mol. The number of halogens is 1. The summed E-state index contributed by atoms with van der Waals surface area (Å²) in [5, 5.41) is 9.46. The van der Waals surface area contributed by atoms with Crippen LogP contribution in [0.3, 0.4) is 0 Å². The van der Waals surface area contributed by atoms with Crippen molar-refractivity contribution in [1.82, 2.24) is 15.2 Å². The molecule has 0 saturated heterocycles. The molecule has 3 aromatic rings. The Balaban J connectivity index is 1.36. The minimum Gasteiger partial charge on any atom is -0.490 e. The van der Waals surface area contributed by atoms with E-state index in [1.165, 1.54) is 12.1 Å². The summed E-state index contributed by atoms with van der Waals surface area (Å²) in [5.41, 5.74) is 1.70. The van der Waals surface area contributed by atoms with Crippen molar-refractivity contribution < 1.29 is 18.7 Å². The van der Waals surface area contributed by atoms with Crippen LogP contribution in [0, 0.1) is 5.82 Å². The summed E-state index contributed by atoms with van der Waals surface area (Å²) in [6.07, 6.45) is 1.46. The van der Waals surface area contributed by atoms with Gasteiger partial charge in [-0.2, -0.15) is 4.98 Å². The molecule has 8 heteroatoms. The van der Waals surface area contributed by atoms with Crippen LogP contribution in [0.1, 0.15) is 23.4 Å². The number of rotatable bonds is 5. The fourth-order valence-corrected chi connectivity index (χ4v) is 2.90. The SMILES string of the molecule is O=C(Cc1ccc2c(c1)OCCCO2)Nc1n[nH]c(Cc2ccc(F)cc2)n1. The van der Waals surface area contributed by atoms with Crippen LogP contribution in [-0.2, 0) is 17.6 Å². The molecule has 2 aromatic carbocycles. The maximum atomic E-state index is 13.0. The summed E-state index contributed by atoms with van der Waals surface area (Å²) in [5.74, 6) is 1.61. The largest absolute Gasteiger partial charge is 0.490 e. The van der Waals surface area contributed by atoms with Gasteiger partial charge in [-0.15, -0.1) is 5.10 Å². The second kappa shape index (κ2) is 8.08. The van der Waals surface area contributed by atoms with Gasteiger partial charge in [0.15, 0.2) is 11.5 Å². The molecule has 1 aromatic heterocycles.